The molecule has 1 aromatic rings. The van der Waals surface area contributed by atoms with Crippen molar-refractivity contribution in [1.29, 1.82) is 0 Å². The first kappa shape index (κ1) is 14.4. The van der Waals surface area contributed by atoms with E-state index in [1.807, 2.05) is 13.8 Å². The van der Waals surface area contributed by atoms with E-state index in [-0.39, 0.29) is 0 Å². The molecule has 3 heteroatoms. The molecule has 106 valence electrons. The number of nitrogens with zero attached hydrogens (tertiary/aromatic N) is 2. The first-order chi connectivity index (χ1) is 9.33. The van der Waals surface area contributed by atoms with Crippen LogP contribution < -0.4 is 4.90 Å². The predicted octanol–water partition coefficient (Wildman–Crippen LogP) is 2.54. The molecule has 2 fully saturated rings. The second-order valence-corrected chi connectivity index (χ2v) is 5.05. The third kappa shape index (κ3) is 3.48. The summed E-state index contributed by atoms with van der Waals surface area (Å²) in [7, 11) is 0. The Morgan fingerprint density at radius 1 is 0.947 bits per heavy atom. The number of hydrogen-bond donors (Lipinski definition) is 0. The predicted molar refractivity (Wildman–Crippen MR) is 80.9 cm³/mol. The van der Waals surface area contributed by atoms with E-state index in [4.69, 9.17) is 4.74 Å². The molecule has 2 heterocycles. The SMILES string of the molecule is CC.Cc1ccc(N2CCN(C3COC3)CC2)cc1. The average Bonchev–Trinajstić information content (AvgIpc) is 2.41. The fourth-order valence-electron chi connectivity index (χ4n) is 2.53. The van der Waals surface area contributed by atoms with E-state index in [0.717, 1.165) is 26.3 Å². The minimum atomic E-state index is 0.690. The summed E-state index contributed by atoms with van der Waals surface area (Å²) < 4.78 is 5.26. The van der Waals surface area contributed by atoms with Crippen molar-refractivity contribution in [2.24, 2.45) is 0 Å². The van der Waals surface area contributed by atoms with E-state index in [2.05, 4.69) is 41.0 Å². The molecule has 0 atom stereocenters. The molecule has 0 aromatic heterocycles. The van der Waals surface area contributed by atoms with E-state index >= 15 is 0 Å². The number of rotatable bonds is 2. The Morgan fingerprint density at radius 2 is 1.53 bits per heavy atom. The van der Waals surface area contributed by atoms with E-state index in [1.54, 1.807) is 0 Å². The number of anilines is 1. The molecule has 0 N–H and O–H groups in total. The molecule has 0 aliphatic carbocycles. The van der Waals surface area contributed by atoms with Crippen LogP contribution in [-0.2, 0) is 4.74 Å². The van der Waals surface area contributed by atoms with Crippen molar-refractivity contribution in [3.8, 4) is 0 Å². The van der Waals surface area contributed by atoms with Crippen LogP contribution in [-0.4, -0.2) is 50.3 Å². The molecular weight excluding hydrogens is 236 g/mol. The van der Waals surface area contributed by atoms with Gasteiger partial charge < -0.3 is 9.64 Å². The number of piperazine rings is 1. The molecule has 3 rings (SSSR count). The van der Waals surface area contributed by atoms with Crippen LogP contribution >= 0.6 is 0 Å². The Kier molecular flexibility index (Phi) is 5.23. The Balaban J connectivity index is 0.000000637. The van der Waals surface area contributed by atoms with Gasteiger partial charge in [-0.2, -0.15) is 0 Å². The number of ether oxygens (including phenoxy) is 1. The summed E-state index contributed by atoms with van der Waals surface area (Å²) in [5, 5.41) is 0. The van der Waals surface area contributed by atoms with Gasteiger partial charge in [0.1, 0.15) is 0 Å². The van der Waals surface area contributed by atoms with Crippen molar-refractivity contribution in [3.05, 3.63) is 29.8 Å². The third-order valence-electron chi connectivity index (χ3n) is 3.85. The zero-order chi connectivity index (χ0) is 13.7. The molecule has 19 heavy (non-hydrogen) atoms. The van der Waals surface area contributed by atoms with E-state index < -0.39 is 0 Å². The maximum atomic E-state index is 5.26. The largest absolute Gasteiger partial charge is 0.378 e. The van der Waals surface area contributed by atoms with Gasteiger partial charge in [-0.25, -0.2) is 0 Å². The first-order valence-corrected chi connectivity index (χ1v) is 7.46. The lowest BCUT2D eigenvalue weighted by Crippen LogP contribution is -2.56. The molecule has 0 amide bonds. The van der Waals surface area contributed by atoms with Crippen molar-refractivity contribution in [2.45, 2.75) is 26.8 Å². The summed E-state index contributed by atoms with van der Waals surface area (Å²) in [4.78, 5) is 5.05. The molecule has 2 aliphatic heterocycles. The lowest BCUT2D eigenvalue weighted by atomic mass is 10.1. The molecule has 0 bridgehead atoms. The summed E-state index contributed by atoms with van der Waals surface area (Å²) in [6, 6.07) is 9.55. The van der Waals surface area contributed by atoms with Crippen LogP contribution in [0.5, 0.6) is 0 Å². The highest BCUT2D eigenvalue weighted by atomic mass is 16.5. The van der Waals surface area contributed by atoms with Crippen molar-refractivity contribution < 1.29 is 4.74 Å². The van der Waals surface area contributed by atoms with Crippen molar-refractivity contribution >= 4 is 5.69 Å². The van der Waals surface area contributed by atoms with Crippen LogP contribution in [0, 0.1) is 6.92 Å². The van der Waals surface area contributed by atoms with Crippen LogP contribution in [0.25, 0.3) is 0 Å². The van der Waals surface area contributed by atoms with Gasteiger partial charge in [-0.3, -0.25) is 4.90 Å². The van der Waals surface area contributed by atoms with Crippen LogP contribution in [0.15, 0.2) is 24.3 Å². The highest BCUT2D eigenvalue weighted by Gasteiger charge is 2.28. The Bertz CT molecular complexity index is 365. The lowest BCUT2D eigenvalue weighted by molar-refractivity contribution is -0.0660. The van der Waals surface area contributed by atoms with Gasteiger partial charge in [0.2, 0.25) is 0 Å². The van der Waals surface area contributed by atoms with Gasteiger partial charge in [0.15, 0.2) is 0 Å². The van der Waals surface area contributed by atoms with Gasteiger partial charge in [-0.15, -0.1) is 0 Å². The molecular formula is C16H26N2O. The fourth-order valence-corrected chi connectivity index (χ4v) is 2.53. The van der Waals surface area contributed by atoms with Gasteiger partial charge in [0, 0.05) is 31.9 Å². The summed E-state index contributed by atoms with van der Waals surface area (Å²) in [6.07, 6.45) is 0. The summed E-state index contributed by atoms with van der Waals surface area (Å²) >= 11 is 0. The zero-order valence-corrected chi connectivity index (χ0v) is 12.4. The summed E-state index contributed by atoms with van der Waals surface area (Å²) in [5.41, 5.74) is 2.69. The highest BCUT2D eigenvalue weighted by Crippen LogP contribution is 2.19. The number of hydrogen-bond acceptors (Lipinski definition) is 3. The normalized spacial score (nSPS) is 20.5. The van der Waals surface area contributed by atoms with E-state index in [1.165, 1.54) is 24.3 Å². The van der Waals surface area contributed by atoms with Gasteiger partial charge in [0.25, 0.3) is 0 Å². The van der Waals surface area contributed by atoms with E-state index in [9.17, 15) is 0 Å². The molecule has 2 aliphatic rings. The molecule has 3 nitrogen and oxygen atoms in total. The minimum Gasteiger partial charge on any atom is -0.378 e. The van der Waals surface area contributed by atoms with Crippen molar-refractivity contribution in [2.75, 3.05) is 44.3 Å². The average molecular weight is 262 g/mol. The third-order valence-corrected chi connectivity index (χ3v) is 3.85. The van der Waals surface area contributed by atoms with Gasteiger partial charge in [-0.1, -0.05) is 31.5 Å². The number of benzene rings is 1. The fraction of sp³-hybridized carbons (Fsp3) is 0.625. The number of aryl methyl sites for hydroxylation is 1. The molecule has 0 radical (unpaired) electrons. The molecule has 0 saturated carbocycles. The summed E-state index contributed by atoms with van der Waals surface area (Å²) in [6.45, 7) is 12.6. The van der Waals surface area contributed by atoms with Crippen LogP contribution in [0.3, 0.4) is 0 Å². The van der Waals surface area contributed by atoms with Crippen molar-refractivity contribution in [1.82, 2.24) is 4.90 Å². The van der Waals surface area contributed by atoms with Crippen molar-refractivity contribution in [3.63, 3.8) is 0 Å². The Hall–Kier alpha value is -1.06. The monoisotopic (exact) mass is 262 g/mol. The van der Waals surface area contributed by atoms with Gasteiger partial charge in [0.05, 0.1) is 19.3 Å². The second-order valence-electron chi connectivity index (χ2n) is 5.05. The lowest BCUT2D eigenvalue weighted by Gasteiger charge is -2.43. The van der Waals surface area contributed by atoms with Gasteiger partial charge >= 0.3 is 0 Å². The maximum absolute atomic E-state index is 5.26. The Morgan fingerprint density at radius 3 is 2.00 bits per heavy atom. The quantitative estimate of drug-likeness (QED) is 0.814. The second kappa shape index (κ2) is 6.92. The van der Waals surface area contributed by atoms with Crippen LogP contribution in [0.2, 0.25) is 0 Å². The smallest absolute Gasteiger partial charge is 0.0645 e. The standard InChI is InChI=1S/C14H20N2O.C2H6/c1-12-2-4-13(5-3-12)15-6-8-16(9-7-15)14-10-17-11-14;1-2/h2-5,14H,6-11H2,1H3;1-2H3. The van der Waals surface area contributed by atoms with Gasteiger partial charge in [-0.05, 0) is 19.1 Å². The maximum Gasteiger partial charge on any atom is 0.0645 e. The highest BCUT2D eigenvalue weighted by molar-refractivity contribution is 5.47. The Labute approximate surface area is 117 Å². The molecule has 2 saturated heterocycles. The van der Waals surface area contributed by atoms with E-state index in [0.29, 0.717) is 6.04 Å². The molecule has 0 unspecified atom stereocenters. The van der Waals surface area contributed by atoms with Crippen LogP contribution in [0.1, 0.15) is 19.4 Å². The minimum absolute atomic E-state index is 0.690. The topological polar surface area (TPSA) is 15.7 Å². The first-order valence-electron chi connectivity index (χ1n) is 7.46. The molecule has 1 aromatic carbocycles. The van der Waals surface area contributed by atoms with Crippen LogP contribution in [0.4, 0.5) is 5.69 Å². The molecule has 0 spiro atoms. The zero-order valence-electron chi connectivity index (χ0n) is 12.4. The summed E-state index contributed by atoms with van der Waals surface area (Å²) in [5.74, 6) is 0.